The highest BCUT2D eigenvalue weighted by molar-refractivity contribution is 7.80. The predicted molar refractivity (Wildman–Crippen MR) is 216 cm³/mol. The van der Waals surface area contributed by atoms with Crippen LogP contribution in [-0.2, 0) is 0 Å². The van der Waals surface area contributed by atoms with Crippen molar-refractivity contribution in [3.63, 3.8) is 0 Å². The van der Waals surface area contributed by atoms with Crippen LogP contribution in [0.4, 0.5) is 11.4 Å². The van der Waals surface area contributed by atoms with Crippen LogP contribution in [0.2, 0.25) is 0 Å². The second kappa shape index (κ2) is 16.6. The topological polar surface area (TPSA) is 30.5 Å². The maximum absolute atomic E-state index is 6.29. The van der Waals surface area contributed by atoms with Crippen LogP contribution in [0.1, 0.15) is 125 Å². The maximum atomic E-state index is 6.29. The lowest BCUT2D eigenvalue weighted by atomic mass is 9.91. The van der Waals surface area contributed by atoms with Crippen LogP contribution in [0.5, 0.6) is 0 Å². The van der Waals surface area contributed by atoms with Crippen LogP contribution in [-0.4, -0.2) is 34.1 Å². The van der Waals surface area contributed by atoms with Crippen molar-refractivity contribution in [2.75, 3.05) is 24.7 Å². The fraction of sp³-hybridized carbons (Fsp3) is 0.381. The summed E-state index contributed by atoms with van der Waals surface area (Å²) in [5.41, 5.74) is 9.58. The van der Waals surface area contributed by atoms with E-state index in [0.29, 0.717) is 33.9 Å². The Morgan fingerprint density at radius 1 is 0.438 bits per heavy atom. The van der Waals surface area contributed by atoms with Crippen molar-refractivity contribution in [3.8, 4) is 0 Å². The molecule has 0 saturated carbocycles. The predicted octanol–water partition coefficient (Wildman–Crippen LogP) is 11.6. The molecule has 0 radical (unpaired) electrons. The van der Waals surface area contributed by atoms with Crippen LogP contribution in [0.15, 0.2) is 97.1 Å². The van der Waals surface area contributed by atoms with Gasteiger partial charge in [-0.25, -0.2) is 0 Å². The fourth-order valence-electron chi connectivity index (χ4n) is 6.57. The molecule has 0 aliphatic heterocycles. The van der Waals surface area contributed by atoms with Crippen LogP contribution < -0.4 is 10.6 Å². The molecule has 0 unspecified atom stereocenters. The number of hydrogen-bond acceptors (Lipinski definition) is 2. The lowest BCUT2D eigenvalue weighted by Crippen LogP contribution is -2.45. The number of thiocarbonyl (C=S) groups is 2. The Hall–Kier alpha value is -3.74. The van der Waals surface area contributed by atoms with E-state index in [2.05, 4.69) is 187 Å². The summed E-state index contributed by atoms with van der Waals surface area (Å²) in [5, 5.41) is 8.80. The highest BCUT2D eigenvalue weighted by atomic mass is 32.1. The van der Waals surface area contributed by atoms with Crippen LogP contribution >= 0.6 is 24.4 Å². The molecule has 4 nitrogen and oxygen atoms in total. The first-order chi connectivity index (χ1) is 22.8. The maximum Gasteiger partial charge on any atom is 0.173 e. The number of benzene rings is 4. The van der Waals surface area contributed by atoms with Crippen LogP contribution in [0, 0.1) is 0 Å². The molecular formula is C42H54N4S2. The van der Waals surface area contributed by atoms with Crippen molar-refractivity contribution < 1.29 is 0 Å². The van der Waals surface area contributed by atoms with Gasteiger partial charge in [0.05, 0.1) is 12.1 Å². The van der Waals surface area contributed by atoms with E-state index >= 15 is 0 Å². The Bertz CT molecular complexity index is 1490. The van der Waals surface area contributed by atoms with Crippen LogP contribution in [0.3, 0.4) is 0 Å². The Morgan fingerprint density at radius 3 is 0.958 bits per heavy atom. The highest BCUT2D eigenvalue weighted by Gasteiger charge is 2.35. The summed E-state index contributed by atoms with van der Waals surface area (Å²) < 4.78 is 0. The molecule has 6 heteroatoms. The van der Waals surface area contributed by atoms with Crippen molar-refractivity contribution >= 4 is 46.0 Å². The minimum absolute atomic E-state index is 0.169. The normalized spacial score (nSPS) is 12.7. The number of para-hydroxylation sites is 2. The molecule has 4 aromatic carbocycles. The SMILES string of the molecule is CC(C)c1cccc(C(C)C)c1NC(=S)N(C)[C@H](c1ccccc1)[C@@H](c1ccccc1)N(C)C(=S)Nc1c(C(C)C)cccc1C(C)C. The van der Waals surface area contributed by atoms with E-state index < -0.39 is 0 Å². The lowest BCUT2D eigenvalue weighted by molar-refractivity contribution is 0.221. The van der Waals surface area contributed by atoms with Crippen molar-refractivity contribution in [2.24, 2.45) is 0 Å². The molecule has 0 aliphatic rings. The molecular weight excluding hydrogens is 625 g/mol. The molecule has 0 amide bonds. The van der Waals surface area contributed by atoms with Gasteiger partial charge in [0, 0.05) is 25.5 Å². The van der Waals surface area contributed by atoms with Gasteiger partial charge in [-0.2, -0.15) is 0 Å². The molecule has 48 heavy (non-hydrogen) atoms. The Morgan fingerprint density at radius 2 is 0.708 bits per heavy atom. The van der Waals surface area contributed by atoms with Gasteiger partial charge in [0.15, 0.2) is 10.2 Å². The summed E-state index contributed by atoms with van der Waals surface area (Å²) in [6, 6.07) is 34.1. The molecule has 0 bridgehead atoms. The van der Waals surface area contributed by atoms with Gasteiger partial charge in [-0.05, 0) is 81.5 Å². The number of hydrogen-bond donors (Lipinski definition) is 2. The van der Waals surface area contributed by atoms with Crippen LogP contribution in [0.25, 0.3) is 0 Å². The summed E-state index contributed by atoms with van der Waals surface area (Å²) in [6.45, 7) is 17.9. The summed E-state index contributed by atoms with van der Waals surface area (Å²) in [5.74, 6) is 1.39. The molecule has 0 saturated heterocycles. The number of nitrogens with one attached hydrogen (secondary N) is 2. The molecule has 0 aromatic heterocycles. The Labute approximate surface area is 301 Å². The van der Waals surface area contributed by atoms with E-state index in [-0.39, 0.29) is 12.1 Å². The molecule has 254 valence electrons. The van der Waals surface area contributed by atoms with Gasteiger partial charge >= 0.3 is 0 Å². The van der Waals surface area contributed by atoms with Gasteiger partial charge in [-0.1, -0.05) is 152 Å². The third-order valence-corrected chi connectivity index (χ3v) is 10.0. The summed E-state index contributed by atoms with van der Waals surface area (Å²) in [7, 11) is 4.20. The highest BCUT2D eigenvalue weighted by Crippen LogP contribution is 2.40. The largest absolute Gasteiger partial charge is 0.343 e. The molecule has 4 aromatic rings. The van der Waals surface area contributed by atoms with Gasteiger partial charge < -0.3 is 20.4 Å². The molecule has 2 atom stereocenters. The smallest absolute Gasteiger partial charge is 0.173 e. The van der Waals surface area contributed by atoms with E-state index in [9.17, 15) is 0 Å². The quantitative estimate of drug-likeness (QED) is 0.154. The average Bonchev–Trinajstić information content (AvgIpc) is 3.06. The minimum atomic E-state index is -0.169. The van der Waals surface area contributed by atoms with Gasteiger partial charge in [0.25, 0.3) is 0 Å². The fourth-order valence-corrected chi connectivity index (χ4v) is 7.00. The standard InChI is InChI=1S/C42H54N4S2/c1-27(2)33-23-17-24-34(28(3)4)37(33)43-41(47)45(9)39(31-19-13-11-14-20-31)40(32-21-15-12-16-22-32)46(10)42(48)44-38-35(29(5)6)25-18-26-36(38)30(7)8/h11-30,39-40H,1-10H3,(H,43,47)(H,44,48)/t39-,40-/m1/s1. The van der Waals surface area contributed by atoms with E-state index in [4.69, 9.17) is 24.4 Å². The van der Waals surface area contributed by atoms with Crippen molar-refractivity contribution in [1.82, 2.24) is 9.80 Å². The summed E-state index contributed by atoms with van der Waals surface area (Å²) in [6.07, 6.45) is 0. The molecule has 2 N–H and O–H groups in total. The van der Waals surface area contributed by atoms with E-state index in [1.807, 2.05) is 0 Å². The van der Waals surface area contributed by atoms with Gasteiger partial charge in [-0.15, -0.1) is 0 Å². The first-order valence-electron chi connectivity index (χ1n) is 17.3. The van der Waals surface area contributed by atoms with Crippen molar-refractivity contribution in [2.45, 2.75) is 91.1 Å². The summed E-state index contributed by atoms with van der Waals surface area (Å²) >= 11 is 12.6. The number of rotatable bonds is 11. The van der Waals surface area contributed by atoms with Gasteiger partial charge in [-0.3, -0.25) is 0 Å². The lowest BCUT2D eigenvalue weighted by Gasteiger charge is -2.42. The zero-order valence-electron chi connectivity index (χ0n) is 30.4. The zero-order valence-corrected chi connectivity index (χ0v) is 32.0. The van der Waals surface area contributed by atoms with E-state index in [1.165, 1.54) is 22.3 Å². The monoisotopic (exact) mass is 678 g/mol. The Kier molecular flexibility index (Phi) is 12.8. The second-order valence-electron chi connectivity index (χ2n) is 14.0. The average molecular weight is 679 g/mol. The molecule has 0 aliphatic carbocycles. The number of nitrogens with zero attached hydrogens (tertiary/aromatic N) is 2. The van der Waals surface area contributed by atoms with Crippen molar-refractivity contribution in [3.05, 3.63) is 130 Å². The molecule has 0 spiro atoms. The van der Waals surface area contributed by atoms with E-state index in [1.54, 1.807) is 0 Å². The minimum Gasteiger partial charge on any atom is -0.343 e. The first kappa shape index (κ1) is 37.1. The number of anilines is 2. The molecule has 0 heterocycles. The molecule has 0 fully saturated rings. The third kappa shape index (κ3) is 8.45. The van der Waals surface area contributed by atoms with Crippen molar-refractivity contribution in [1.29, 1.82) is 0 Å². The summed E-state index contributed by atoms with van der Waals surface area (Å²) in [4.78, 5) is 4.43. The van der Waals surface area contributed by atoms with E-state index in [0.717, 1.165) is 22.5 Å². The zero-order chi connectivity index (χ0) is 35.1. The Balaban J connectivity index is 1.82. The molecule has 4 rings (SSSR count). The third-order valence-electron chi connectivity index (χ3n) is 9.27. The number of likely N-dealkylation sites (N-methyl/N-ethyl adjacent to an activating group) is 2. The van der Waals surface area contributed by atoms with Gasteiger partial charge in [0.2, 0.25) is 0 Å². The first-order valence-corrected chi connectivity index (χ1v) is 18.1. The second-order valence-corrected chi connectivity index (χ2v) is 14.8. The van der Waals surface area contributed by atoms with Gasteiger partial charge in [0.1, 0.15) is 0 Å².